The summed E-state index contributed by atoms with van der Waals surface area (Å²) in [5.74, 6) is 0.414. The fourth-order valence-corrected chi connectivity index (χ4v) is 4.97. The summed E-state index contributed by atoms with van der Waals surface area (Å²) in [5.41, 5.74) is 1.25. The molecule has 1 fully saturated rings. The van der Waals surface area contributed by atoms with Gasteiger partial charge in [-0.1, -0.05) is 18.2 Å². The molecular weight excluding hydrogens is 392 g/mol. The number of para-hydroxylation sites is 1. The van der Waals surface area contributed by atoms with Crippen LogP contribution in [0, 0.1) is 0 Å². The summed E-state index contributed by atoms with van der Waals surface area (Å²) in [5, 5.41) is 2.83. The SMILES string of the molecule is COc1ccccc1CNC(=O)c1ccc(S(=O)(=O)N2C[C@@H](C)O[C@H](C)C2)cc1. The van der Waals surface area contributed by atoms with Gasteiger partial charge in [0, 0.05) is 30.8 Å². The molecule has 2 atom stereocenters. The summed E-state index contributed by atoms with van der Waals surface area (Å²) in [6.45, 7) is 4.65. The van der Waals surface area contributed by atoms with Crippen molar-refractivity contribution < 1.29 is 22.7 Å². The van der Waals surface area contributed by atoms with Crippen molar-refractivity contribution in [2.75, 3.05) is 20.2 Å². The molecule has 1 saturated heterocycles. The number of hydrogen-bond donors (Lipinski definition) is 1. The standard InChI is InChI=1S/C21H26N2O5S/c1-15-13-23(14-16(2)28-15)29(25,26)19-10-8-17(9-11-19)21(24)22-12-18-6-4-5-7-20(18)27-3/h4-11,15-16H,12-14H2,1-3H3,(H,22,24)/t15-,16-/m1/s1. The van der Waals surface area contributed by atoms with Crippen LogP contribution in [0.4, 0.5) is 0 Å². The quantitative estimate of drug-likeness (QED) is 0.779. The molecular formula is C21H26N2O5S. The highest BCUT2D eigenvalue weighted by molar-refractivity contribution is 7.89. The molecule has 1 N–H and O–H groups in total. The first kappa shape index (κ1) is 21.3. The van der Waals surface area contributed by atoms with Crippen molar-refractivity contribution in [2.45, 2.75) is 37.5 Å². The van der Waals surface area contributed by atoms with E-state index in [0.717, 1.165) is 5.56 Å². The third-order valence-corrected chi connectivity index (χ3v) is 6.62. The minimum atomic E-state index is -3.63. The van der Waals surface area contributed by atoms with Gasteiger partial charge in [-0.15, -0.1) is 0 Å². The first-order chi connectivity index (χ1) is 13.8. The summed E-state index contributed by atoms with van der Waals surface area (Å²) in [6, 6.07) is 13.4. The van der Waals surface area contributed by atoms with Crippen LogP contribution in [-0.2, 0) is 21.3 Å². The van der Waals surface area contributed by atoms with E-state index in [1.54, 1.807) is 7.11 Å². The molecule has 0 saturated carbocycles. The molecule has 1 aliphatic rings. The maximum atomic E-state index is 12.9. The lowest BCUT2D eigenvalue weighted by molar-refractivity contribution is -0.0440. The van der Waals surface area contributed by atoms with E-state index < -0.39 is 10.0 Å². The summed E-state index contributed by atoms with van der Waals surface area (Å²) < 4.78 is 38.1. The van der Waals surface area contributed by atoms with Crippen LogP contribution in [0.1, 0.15) is 29.8 Å². The third-order valence-electron chi connectivity index (χ3n) is 4.77. The lowest BCUT2D eigenvalue weighted by atomic mass is 10.2. The number of morpholine rings is 1. The van der Waals surface area contributed by atoms with Crippen LogP contribution in [0.25, 0.3) is 0 Å². The van der Waals surface area contributed by atoms with Crippen molar-refractivity contribution in [3.05, 3.63) is 59.7 Å². The second-order valence-electron chi connectivity index (χ2n) is 7.10. The highest BCUT2D eigenvalue weighted by Crippen LogP contribution is 2.22. The summed E-state index contributed by atoms with van der Waals surface area (Å²) >= 11 is 0. The van der Waals surface area contributed by atoms with Gasteiger partial charge in [0.15, 0.2) is 0 Å². The molecule has 0 bridgehead atoms. The number of carbonyl (C=O) groups is 1. The summed E-state index contributed by atoms with van der Waals surface area (Å²) in [7, 11) is -2.05. The van der Waals surface area contributed by atoms with Gasteiger partial charge in [-0.25, -0.2) is 8.42 Å². The van der Waals surface area contributed by atoms with Crippen LogP contribution in [-0.4, -0.2) is 51.0 Å². The van der Waals surface area contributed by atoms with Gasteiger partial charge in [-0.05, 0) is 44.2 Å². The smallest absolute Gasteiger partial charge is 0.251 e. The molecule has 0 radical (unpaired) electrons. The van der Waals surface area contributed by atoms with Crippen molar-refractivity contribution in [3.8, 4) is 5.75 Å². The number of hydrogen-bond acceptors (Lipinski definition) is 5. The predicted octanol–water partition coefficient (Wildman–Crippen LogP) is 2.42. The van der Waals surface area contributed by atoms with Gasteiger partial charge in [0.2, 0.25) is 10.0 Å². The molecule has 0 unspecified atom stereocenters. The Morgan fingerprint density at radius 2 is 1.72 bits per heavy atom. The van der Waals surface area contributed by atoms with Crippen LogP contribution in [0.5, 0.6) is 5.75 Å². The first-order valence-electron chi connectivity index (χ1n) is 9.47. The molecule has 3 rings (SSSR count). The van der Waals surface area contributed by atoms with E-state index >= 15 is 0 Å². The number of sulfonamides is 1. The van der Waals surface area contributed by atoms with Gasteiger partial charge < -0.3 is 14.8 Å². The molecule has 0 aromatic heterocycles. The lowest BCUT2D eigenvalue weighted by Crippen LogP contribution is -2.48. The maximum Gasteiger partial charge on any atom is 0.251 e. The molecule has 1 aliphatic heterocycles. The number of ether oxygens (including phenoxy) is 2. The second kappa shape index (κ2) is 8.94. The minimum absolute atomic E-state index is 0.159. The Kier molecular flexibility index (Phi) is 6.56. The van der Waals surface area contributed by atoms with Crippen molar-refractivity contribution in [2.24, 2.45) is 0 Å². The van der Waals surface area contributed by atoms with Gasteiger partial charge >= 0.3 is 0 Å². The Labute approximate surface area is 171 Å². The molecule has 8 heteroatoms. The van der Waals surface area contributed by atoms with E-state index in [1.807, 2.05) is 38.1 Å². The Balaban J connectivity index is 1.68. The average Bonchev–Trinajstić information content (AvgIpc) is 2.71. The zero-order chi connectivity index (χ0) is 21.0. The van der Waals surface area contributed by atoms with E-state index in [4.69, 9.17) is 9.47 Å². The van der Waals surface area contributed by atoms with Crippen molar-refractivity contribution in [1.29, 1.82) is 0 Å². The maximum absolute atomic E-state index is 12.9. The Bertz CT molecular complexity index is 949. The van der Waals surface area contributed by atoms with Gasteiger partial charge in [0.25, 0.3) is 5.91 Å². The van der Waals surface area contributed by atoms with Gasteiger partial charge in [0.1, 0.15) is 5.75 Å². The van der Waals surface area contributed by atoms with Crippen LogP contribution in [0.3, 0.4) is 0 Å². The van der Waals surface area contributed by atoms with E-state index in [9.17, 15) is 13.2 Å². The highest BCUT2D eigenvalue weighted by atomic mass is 32.2. The van der Waals surface area contributed by atoms with Crippen LogP contribution in [0.15, 0.2) is 53.4 Å². The van der Waals surface area contributed by atoms with Crippen molar-refractivity contribution in [1.82, 2.24) is 9.62 Å². The highest BCUT2D eigenvalue weighted by Gasteiger charge is 2.32. The van der Waals surface area contributed by atoms with E-state index in [-0.39, 0.29) is 23.0 Å². The number of amides is 1. The third kappa shape index (κ3) is 4.95. The monoisotopic (exact) mass is 418 g/mol. The summed E-state index contributed by atoms with van der Waals surface area (Å²) in [4.78, 5) is 12.6. The molecule has 2 aromatic carbocycles. The van der Waals surface area contributed by atoms with Gasteiger partial charge in [0.05, 0.1) is 24.2 Å². The fourth-order valence-electron chi connectivity index (χ4n) is 3.38. The number of carbonyl (C=O) groups excluding carboxylic acids is 1. The van der Waals surface area contributed by atoms with Gasteiger partial charge in [-0.2, -0.15) is 4.31 Å². The summed E-state index contributed by atoms with van der Waals surface area (Å²) in [6.07, 6.45) is -0.317. The predicted molar refractivity (Wildman–Crippen MR) is 109 cm³/mol. The lowest BCUT2D eigenvalue weighted by Gasteiger charge is -2.34. The first-order valence-corrected chi connectivity index (χ1v) is 10.9. The number of nitrogens with zero attached hydrogens (tertiary/aromatic N) is 1. The molecule has 2 aromatic rings. The van der Waals surface area contributed by atoms with Crippen molar-refractivity contribution >= 4 is 15.9 Å². The van der Waals surface area contributed by atoms with Gasteiger partial charge in [-0.3, -0.25) is 4.79 Å². The molecule has 1 heterocycles. The number of nitrogens with one attached hydrogen (secondary N) is 1. The van der Waals surface area contributed by atoms with E-state index in [1.165, 1.54) is 28.6 Å². The van der Waals surface area contributed by atoms with Crippen LogP contribution < -0.4 is 10.1 Å². The topological polar surface area (TPSA) is 84.9 Å². The van der Waals surface area contributed by atoms with E-state index in [2.05, 4.69) is 5.32 Å². The Morgan fingerprint density at radius 1 is 1.10 bits per heavy atom. The Hall–Kier alpha value is -2.42. The number of benzene rings is 2. The molecule has 29 heavy (non-hydrogen) atoms. The zero-order valence-electron chi connectivity index (χ0n) is 16.8. The molecule has 1 amide bonds. The largest absolute Gasteiger partial charge is 0.496 e. The molecule has 156 valence electrons. The minimum Gasteiger partial charge on any atom is -0.496 e. The molecule has 7 nitrogen and oxygen atoms in total. The van der Waals surface area contributed by atoms with Crippen LogP contribution >= 0.6 is 0 Å². The number of rotatable bonds is 6. The molecule has 0 spiro atoms. The normalized spacial score (nSPS) is 20.2. The zero-order valence-corrected chi connectivity index (χ0v) is 17.6. The van der Waals surface area contributed by atoms with Crippen molar-refractivity contribution in [3.63, 3.8) is 0 Å². The second-order valence-corrected chi connectivity index (χ2v) is 9.04. The Morgan fingerprint density at radius 3 is 2.34 bits per heavy atom. The number of methoxy groups -OCH3 is 1. The van der Waals surface area contributed by atoms with Crippen LogP contribution in [0.2, 0.25) is 0 Å². The fraction of sp³-hybridized carbons (Fsp3) is 0.381. The average molecular weight is 419 g/mol. The van der Waals surface area contributed by atoms with E-state index in [0.29, 0.717) is 30.9 Å². The molecule has 0 aliphatic carbocycles.